The lowest BCUT2D eigenvalue weighted by molar-refractivity contribution is 0.123. The summed E-state index contributed by atoms with van der Waals surface area (Å²) in [5.74, 6) is 1.31. The third kappa shape index (κ3) is 3.74. The molecule has 3 rings (SSSR count). The Morgan fingerprint density at radius 2 is 2.00 bits per heavy atom. The number of nitrogens with zero attached hydrogens (tertiary/aromatic N) is 5. The first-order chi connectivity index (χ1) is 11.9. The van der Waals surface area contributed by atoms with Gasteiger partial charge in [-0.1, -0.05) is 0 Å². The Labute approximate surface area is 146 Å². The van der Waals surface area contributed by atoms with Gasteiger partial charge in [0.15, 0.2) is 5.03 Å². The van der Waals surface area contributed by atoms with Gasteiger partial charge in [-0.3, -0.25) is 4.98 Å². The van der Waals surface area contributed by atoms with Gasteiger partial charge >= 0.3 is 0 Å². The highest BCUT2D eigenvalue weighted by Crippen LogP contribution is 2.23. The Kier molecular flexibility index (Phi) is 4.91. The minimum Gasteiger partial charge on any atom is -0.480 e. The quantitative estimate of drug-likeness (QED) is 0.769. The molecule has 0 saturated carbocycles. The summed E-state index contributed by atoms with van der Waals surface area (Å²) in [6.07, 6.45) is 5.64. The molecule has 25 heavy (non-hydrogen) atoms. The number of ether oxygens (including phenoxy) is 2. The molecular weight excluding hydrogens is 346 g/mol. The Bertz CT molecular complexity index is 832. The fraction of sp³-hybridized carbons (Fsp3) is 0.533. The fourth-order valence-electron chi connectivity index (χ4n) is 2.66. The third-order valence-electron chi connectivity index (χ3n) is 4.12. The van der Waals surface area contributed by atoms with Crippen molar-refractivity contribution in [3.8, 4) is 11.8 Å². The molecule has 1 aliphatic heterocycles. The number of piperidine rings is 1. The van der Waals surface area contributed by atoms with E-state index in [2.05, 4.69) is 15.0 Å². The average Bonchev–Trinajstić information content (AvgIpc) is 2.95. The van der Waals surface area contributed by atoms with Crippen LogP contribution in [0.1, 0.15) is 18.7 Å². The summed E-state index contributed by atoms with van der Waals surface area (Å²) in [5.41, 5.74) is 0. The Morgan fingerprint density at radius 3 is 2.68 bits per heavy atom. The van der Waals surface area contributed by atoms with Gasteiger partial charge in [-0.15, -0.1) is 0 Å². The summed E-state index contributed by atoms with van der Waals surface area (Å²) >= 11 is 0. The van der Waals surface area contributed by atoms with Crippen LogP contribution >= 0.6 is 0 Å². The number of aromatic nitrogens is 4. The maximum Gasteiger partial charge on any atom is 0.262 e. The summed E-state index contributed by atoms with van der Waals surface area (Å²) in [5, 5.41) is 0.0642. The van der Waals surface area contributed by atoms with Crippen LogP contribution in [0, 0.1) is 6.92 Å². The third-order valence-corrected chi connectivity index (χ3v) is 5.86. The lowest BCUT2D eigenvalue weighted by atomic mass is 10.1. The van der Waals surface area contributed by atoms with E-state index in [1.807, 2.05) is 0 Å². The molecular formula is C15H21N5O4S. The van der Waals surface area contributed by atoms with Crippen molar-refractivity contribution in [1.29, 1.82) is 0 Å². The molecule has 9 nitrogen and oxygen atoms in total. The van der Waals surface area contributed by atoms with Gasteiger partial charge in [0.2, 0.25) is 11.8 Å². The van der Waals surface area contributed by atoms with Crippen molar-refractivity contribution in [1.82, 2.24) is 23.8 Å². The van der Waals surface area contributed by atoms with E-state index in [0.717, 1.165) is 6.42 Å². The molecule has 0 amide bonds. The van der Waals surface area contributed by atoms with Crippen LogP contribution in [0.2, 0.25) is 0 Å². The van der Waals surface area contributed by atoms with Crippen LogP contribution in [-0.2, 0) is 17.1 Å². The molecule has 0 bridgehead atoms. The van der Waals surface area contributed by atoms with Gasteiger partial charge in [-0.25, -0.2) is 13.4 Å². The molecule has 0 aliphatic carbocycles. The van der Waals surface area contributed by atoms with Crippen LogP contribution in [0.15, 0.2) is 23.6 Å². The second-order valence-corrected chi connectivity index (χ2v) is 7.77. The Morgan fingerprint density at radius 1 is 1.24 bits per heavy atom. The zero-order valence-electron chi connectivity index (χ0n) is 14.4. The predicted octanol–water partition coefficient (Wildman–Crippen LogP) is 0.759. The number of aryl methyl sites for hydroxylation is 2. The smallest absolute Gasteiger partial charge is 0.262 e. The monoisotopic (exact) mass is 367 g/mol. The van der Waals surface area contributed by atoms with Crippen LogP contribution in [0.25, 0.3) is 0 Å². The SMILES string of the molecule is COc1cncc(OC2CCCN(S(=O)(=O)c3cn(C)c(C)n3)C2)n1. The van der Waals surface area contributed by atoms with Crippen molar-refractivity contribution >= 4 is 10.0 Å². The van der Waals surface area contributed by atoms with Crippen LogP contribution in [0.5, 0.6) is 11.8 Å². The zero-order valence-corrected chi connectivity index (χ0v) is 15.2. The van der Waals surface area contributed by atoms with E-state index in [9.17, 15) is 8.42 Å². The molecule has 0 N–H and O–H groups in total. The maximum absolute atomic E-state index is 12.8. The molecule has 3 heterocycles. The number of sulfonamides is 1. The molecule has 1 atom stereocenters. The van der Waals surface area contributed by atoms with Crippen molar-refractivity contribution in [2.45, 2.75) is 30.9 Å². The second kappa shape index (κ2) is 6.96. The highest BCUT2D eigenvalue weighted by molar-refractivity contribution is 7.89. The maximum atomic E-state index is 12.8. The molecule has 10 heteroatoms. The van der Waals surface area contributed by atoms with Gasteiger partial charge in [-0.2, -0.15) is 9.29 Å². The largest absolute Gasteiger partial charge is 0.480 e. The molecule has 1 saturated heterocycles. The lowest BCUT2D eigenvalue weighted by Gasteiger charge is -2.31. The van der Waals surface area contributed by atoms with Crippen LogP contribution in [-0.4, -0.2) is 58.5 Å². The van der Waals surface area contributed by atoms with Gasteiger partial charge in [0.1, 0.15) is 11.9 Å². The van der Waals surface area contributed by atoms with E-state index in [-0.39, 0.29) is 17.7 Å². The zero-order chi connectivity index (χ0) is 18.0. The topological polar surface area (TPSA) is 99.4 Å². The first-order valence-corrected chi connectivity index (χ1v) is 9.37. The Balaban J connectivity index is 1.74. The molecule has 0 aromatic carbocycles. The van der Waals surface area contributed by atoms with E-state index in [1.165, 1.54) is 30.0 Å². The van der Waals surface area contributed by atoms with E-state index in [0.29, 0.717) is 30.5 Å². The molecule has 1 fully saturated rings. The van der Waals surface area contributed by atoms with Gasteiger partial charge < -0.3 is 14.0 Å². The van der Waals surface area contributed by atoms with E-state index < -0.39 is 10.0 Å². The molecule has 136 valence electrons. The molecule has 2 aromatic heterocycles. The standard InChI is InChI=1S/C15H21N5O4S/c1-11-17-15(10-19(11)2)25(21,22)20-6-4-5-12(9-20)24-14-8-16-7-13(18-14)23-3/h7-8,10,12H,4-6,9H2,1-3H3. The van der Waals surface area contributed by atoms with Crippen molar-refractivity contribution in [2.75, 3.05) is 20.2 Å². The molecule has 0 radical (unpaired) electrons. The average molecular weight is 367 g/mol. The number of hydrogen-bond donors (Lipinski definition) is 0. The number of rotatable bonds is 5. The van der Waals surface area contributed by atoms with Crippen molar-refractivity contribution in [2.24, 2.45) is 7.05 Å². The normalized spacial score (nSPS) is 18.9. The van der Waals surface area contributed by atoms with E-state index in [4.69, 9.17) is 9.47 Å². The highest BCUT2D eigenvalue weighted by atomic mass is 32.2. The minimum absolute atomic E-state index is 0.0642. The van der Waals surface area contributed by atoms with Crippen LogP contribution in [0.3, 0.4) is 0 Å². The van der Waals surface area contributed by atoms with Gasteiger partial charge in [0.05, 0.1) is 26.0 Å². The second-order valence-electron chi connectivity index (χ2n) is 5.88. The molecule has 2 aromatic rings. The van der Waals surface area contributed by atoms with Gasteiger partial charge in [-0.05, 0) is 19.8 Å². The predicted molar refractivity (Wildman–Crippen MR) is 88.9 cm³/mol. The van der Waals surface area contributed by atoms with Crippen molar-refractivity contribution < 1.29 is 17.9 Å². The van der Waals surface area contributed by atoms with Gasteiger partial charge in [0.25, 0.3) is 10.0 Å². The number of methoxy groups -OCH3 is 1. The van der Waals surface area contributed by atoms with E-state index >= 15 is 0 Å². The van der Waals surface area contributed by atoms with Crippen LogP contribution < -0.4 is 9.47 Å². The van der Waals surface area contributed by atoms with Crippen LogP contribution in [0.4, 0.5) is 0 Å². The van der Waals surface area contributed by atoms with Gasteiger partial charge in [0, 0.05) is 19.8 Å². The summed E-state index contributed by atoms with van der Waals surface area (Å²) in [4.78, 5) is 12.3. The minimum atomic E-state index is -3.64. The lowest BCUT2D eigenvalue weighted by Crippen LogP contribution is -2.44. The van der Waals surface area contributed by atoms with Crippen molar-refractivity contribution in [3.63, 3.8) is 0 Å². The molecule has 1 unspecified atom stereocenters. The summed E-state index contributed by atoms with van der Waals surface area (Å²) in [6, 6.07) is 0. The molecule has 0 spiro atoms. The number of imidazole rings is 1. The number of hydrogen-bond acceptors (Lipinski definition) is 7. The summed E-state index contributed by atoms with van der Waals surface area (Å²) in [7, 11) is -0.375. The summed E-state index contributed by atoms with van der Waals surface area (Å²) in [6.45, 7) is 2.46. The van der Waals surface area contributed by atoms with E-state index in [1.54, 1.807) is 18.5 Å². The first kappa shape index (κ1) is 17.6. The summed E-state index contributed by atoms with van der Waals surface area (Å²) < 4.78 is 39.5. The Hall–Kier alpha value is -2.20. The van der Waals surface area contributed by atoms with Crippen molar-refractivity contribution in [3.05, 3.63) is 24.4 Å². The highest BCUT2D eigenvalue weighted by Gasteiger charge is 2.33. The first-order valence-electron chi connectivity index (χ1n) is 7.93. The molecule has 1 aliphatic rings. The fourth-order valence-corrected chi connectivity index (χ4v) is 4.19.